The minimum atomic E-state index is -3.41. The van der Waals surface area contributed by atoms with E-state index in [2.05, 4.69) is 150 Å². The van der Waals surface area contributed by atoms with Crippen LogP contribution in [-0.4, -0.2) is 43.1 Å². The van der Waals surface area contributed by atoms with Gasteiger partial charge in [-0.1, -0.05) is 72.3 Å². The van der Waals surface area contributed by atoms with Crippen molar-refractivity contribution in [3.63, 3.8) is 0 Å². The van der Waals surface area contributed by atoms with Gasteiger partial charge < -0.3 is 20.4 Å². The van der Waals surface area contributed by atoms with Crippen LogP contribution in [0.3, 0.4) is 0 Å². The summed E-state index contributed by atoms with van der Waals surface area (Å²) in [4.78, 5) is 4.34. The number of thiol groups is 1. The Bertz CT molecular complexity index is 2960. The van der Waals surface area contributed by atoms with Crippen LogP contribution in [0.2, 0.25) is 0 Å². The molecule has 3 N–H and O–H groups in total. The fourth-order valence-corrected chi connectivity index (χ4v) is 10.1. The Hall–Kier alpha value is -6.30. The molecule has 0 saturated carbocycles. The zero-order valence-electron chi connectivity index (χ0n) is 37.7. The van der Waals surface area contributed by atoms with E-state index in [1.165, 1.54) is 22.3 Å². The number of nitrogens with one attached hydrogen (secondary N) is 3. The second-order valence-electron chi connectivity index (χ2n) is 16.8. The lowest BCUT2D eigenvalue weighted by Crippen LogP contribution is -2.15. The second kappa shape index (κ2) is 18.2. The maximum Gasteiger partial charge on any atom is 0.229 e. The third kappa shape index (κ3) is 9.85. The van der Waals surface area contributed by atoms with Crippen LogP contribution < -0.4 is 25.2 Å². The molecule has 0 aromatic heterocycles. The molecule has 7 aromatic carbocycles. The van der Waals surface area contributed by atoms with Gasteiger partial charge in [0, 0.05) is 70.9 Å². The molecule has 0 aliphatic heterocycles. The SMILES string of the molecule is Cc1cc(C)c(Nc2ccc(C(c3ccc(N(C)c4c(C)cc(NC[SH](=O)=O)cc4C)cc3)c3ccc(N(C)c4c(C)cc(NS(C)(=O)=O)cc4C)cc3)c3ccccc23)c(C)c1. The highest BCUT2D eigenvalue weighted by molar-refractivity contribution is 7.92. The van der Waals surface area contributed by atoms with E-state index in [0.29, 0.717) is 5.69 Å². The smallest absolute Gasteiger partial charge is 0.229 e. The van der Waals surface area contributed by atoms with Crippen LogP contribution in [-0.2, 0) is 20.7 Å². The zero-order valence-corrected chi connectivity index (χ0v) is 39.4. The van der Waals surface area contributed by atoms with E-state index in [1.807, 2.05) is 59.0 Å². The molecule has 63 heavy (non-hydrogen) atoms. The van der Waals surface area contributed by atoms with Crippen molar-refractivity contribution in [2.75, 3.05) is 51.4 Å². The molecule has 1 unspecified atom stereocenters. The van der Waals surface area contributed by atoms with Crippen LogP contribution in [0, 0.1) is 48.5 Å². The Morgan fingerprint density at radius 3 is 1.49 bits per heavy atom. The number of hydrogen-bond acceptors (Lipinski definition) is 8. The molecule has 0 aliphatic carbocycles. The highest BCUT2D eigenvalue weighted by atomic mass is 32.2. The molecule has 1 atom stereocenters. The van der Waals surface area contributed by atoms with Gasteiger partial charge in [-0.15, -0.1) is 0 Å². The zero-order chi connectivity index (χ0) is 45.3. The van der Waals surface area contributed by atoms with Crippen molar-refractivity contribution in [1.29, 1.82) is 0 Å². The molecule has 0 bridgehead atoms. The molecule has 0 fully saturated rings. The van der Waals surface area contributed by atoms with Gasteiger partial charge in [0.05, 0.1) is 6.26 Å². The molecule has 11 heteroatoms. The average Bonchev–Trinajstić information content (AvgIpc) is 3.21. The Kier molecular flexibility index (Phi) is 12.9. The molecular weight excluding hydrogens is 823 g/mol. The Morgan fingerprint density at radius 2 is 1.03 bits per heavy atom. The summed E-state index contributed by atoms with van der Waals surface area (Å²) in [6, 6.07) is 42.8. The first kappa shape index (κ1) is 44.7. The maximum absolute atomic E-state index is 12.0. The number of hydrogen-bond donors (Lipinski definition) is 4. The van der Waals surface area contributed by atoms with Crippen molar-refractivity contribution in [3.8, 4) is 0 Å². The Morgan fingerprint density at radius 1 is 0.571 bits per heavy atom. The van der Waals surface area contributed by atoms with Gasteiger partial charge in [0.15, 0.2) is 10.7 Å². The van der Waals surface area contributed by atoms with Gasteiger partial charge in [-0.2, -0.15) is 0 Å². The molecular formula is C52H57N5O4S2. The van der Waals surface area contributed by atoms with Gasteiger partial charge in [-0.25, -0.2) is 16.8 Å². The van der Waals surface area contributed by atoms with Gasteiger partial charge in [0.2, 0.25) is 10.0 Å². The normalized spacial score (nSPS) is 12.0. The fraction of sp³-hybridized carbons (Fsp3) is 0.231. The molecule has 0 spiro atoms. The maximum atomic E-state index is 12.0. The van der Waals surface area contributed by atoms with Crippen LogP contribution >= 0.6 is 0 Å². The summed E-state index contributed by atoms with van der Waals surface area (Å²) in [6.45, 7) is 14.5. The van der Waals surface area contributed by atoms with Crippen molar-refractivity contribution >= 4 is 77.0 Å². The first-order valence-electron chi connectivity index (χ1n) is 21.0. The first-order valence-corrected chi connectivity index (χ1v) is 24.2. The first-order chi connectivity index (χ1) is 29.9. The van der Waals surface area contributed by atoms with E-state index >= 15 is 0 Å². The lowest BCUT2D eigenvalue weighted by atomic mass is 9.82. The van der Waals surface area contributed by atoms with E-state index in [-0.39, 0.29) is 11.8 Å². The van der Waals surface area contributed by atoms with Crippen molar-refractivity contribution < 1.29 is 16.8 Å². The summed E-state index contributed by atoms with van der Waals surface area (Å²) in [6.07, 6.45) is 1.16. The van der Waals surface area contributed by atoms with Crippen LogP contribution in [0.1, 0.15) is 61.6 Å². The number of benzene rings is 7. The number of rotatable bonds is 14. The van der Waals surface area contributed by atoms with Crippen LogP contribution in [0.15, 0.2) is 121 Å². The fourth-order valence-electron chi connectivity index (χ4n) is 9.29. The largest absolute Gasteiger partial charge is 0.372 e. The van der Waals surface area contributed by atoms with Gasteiger partial charge >= 0.3 is 0 Å². The molecule has 9 nitrogen and oxygen atoms in total. The molecule has 0 saturated heterocycles. The van der Waals surface area contributed by atoms with Gasteiger partial charge in [-0.3, -0.25) is 4.72 Å². The molecule has 0 radical (unpaired) electrons. The second-order valence-corrected chi connectivity index (χ2v) is 19.6. The number of anilines is 8. The number of nitrogens with zero attached hydrogens (tertiary/aromatic N) is 2. The van der Waals surface area contributed by atoms with E-state index in [0.717, 1.165) is 90.2 Å². The predicted octanol–water partition coefficient (Wildman–Crippen LogP) is 11.8. The van der Waals surface area contributed by atoms with Crippen molar-refractivity contribution in [3.05, 3.63) is 177 Å². The van der Waals surface area contributed by atoms with Crippen molar-refractivity contribution in [2.45, 2.75) is 54.4 Å². The standard InChI is InChI=1S/C52H57N5O4S2/c1-32-25-33(2)50(34(3)26-32)54-48-24-23-47(45-13-11-12-14-46(45)48)49(39-15-19-43(20-16-39)56(8)51-35(4)27-41(28-36(51)5)53-31-62(58)59)40-17-21-44(22-18-40)57(9)52-37(6)29-42(30-38(52)7)55-63(10,60)61/h11-30,49,53-55,62H,31H2,1-10H3. The monoisotopic (exact) mass is 879 g/mol. The van der Waals surface area contributed by atoms with Crippen LogP contribution in [0.5, 0.6) is 0 Å². The highest BCUT2D eigenvalue weighted by Gasteiger charge is 2.23. The van der Waals surface area contributed by atoms with E-state index < -0.39 is 20.7 Å². The molecule has 7 rings (SSSR count). The van der Waals surface area contributed by atoms with Crippen molar-refractivity contribution in [2.24, 2.45) is 0 Å². The molecule has 7 aromatic rings. The lowest BCUT2D eigenvalue weighted by molar-refractivity contribution is 0.606. The summed E-state index contributed by atoms with van der Waals surface area (Å²) in [5.41, 5.74) is 18.7. The third-order valence-electron chi connectivity index (χ3n) is 11.8. The third-order valence-corrected chi connectivity index (χ3v) is 12.8. The molecule has 326 valence electrons. The topological polar surface area (TPSA) is 111 Å². The average molecular weight is 880 g/mol. The highest BCUT2D eigenvalue weighted by Crippen LogP contribution is 2.42. The van der Waals surface area contributed by atoms with Crippen molar-refractivity contribution in [1.82, 2.24) is 0 Å². The summed E-state index contributed by atoms with van der Waals surface area (Å²) < 4.78 is 49.1. The van der Waals surface area contributed by atoms with Crippen LogP contribution in [0.25, 0.3) is 10.8 Å². The molecule has 0 aliphatic rings. The minimum absolute atomic E-state index is 0.105. The lowest BCUT2D eigenvalue weighted by Gasteiger charge is -2.27. The number of aryl methyl sites for hydroxylation is 7. The Labute approximate surface area is 374 Å². The van der Waals surface area contributed by atoms with Gasteiger partial charge in [0.25, 0.3) is 0 Å². The van der Waals surface area contributed by atoms with Crippen LogP contribution in [0.4, 0.5) is 45.5 Å². The molecule has 0 amide bonds. The minimum Gasteiger partial charge on any atom is -0.372 e. The summed E-state index contributed by atoms with van der Waals surface area (Å²) in [7, 11) is -1.84. The summed E-state index contributed by atoms with van der Waals surface area (Å²) in [5, 5.41) is 9.10. The predicted molar refractivity (Wildman–Crippen MR) is 267 cm³/mol. The number of sulfonamides is 1. The molecule has 0 heterocycles. The number of fused-ring (bicyclic) bond motifs is 1. The van der Waals surface area contributed by atoms with Gasteiger partial charge in [0.1, 0.15) is 5.88 Å². The van der Waals surface area contributed by atoms with E-state index in [9.17, 15) is 16.8 Å². The summed E-state index contributed by atoms with van der Waals surface area (Å²) in [5.74, 6) is -0.219. The van der Waals surface area contributed by atoms with E-state index in [4.69, 9.17) is 0 Å². The Balaban J connectivity index is 1.30. The summed E-state index contributed by atoms with van der Waals surface area (Å²) >= 11 is 0. The quantitative estimate of drug-likeness (QED) is 0.0631. The van der Waals surface area contributed by atoms with E-state index in [1.54, 1.807) is 0 Å². The van der Waals surface area contributed by atoms with Gasteiger partial charge in [-0.05, 0) is 159 Å².